The molecule has 0 N–H and O–H groups in total. The first kappa shape index (κ1) is 60.2. The summed E-state index contributed by atoms with van der Waals surface area (Å²) in [6.07, 6.45) is 17.5. The zero-order chi connectivity index (χ0) is 47.1. The molecule has 0 aromatic heterocycles. The van der Waals surface area contributed by atoms with Gasteiger partial charge in [0.2, 0.25) is 0 Å². The van der Waals surface area contributed by atoms with Crippen molar-refractivity contribution in [3.8, 4) is 47.4 Å². The molecule has 0 fully saturated rings. The van der Waals surface area contributed by atoms with Crippen molar-refractivity contribution in [2.24, 2.45) is 0 Å². The molecule has 368 valence electrons. The van der Waals surface area contributed by atoms with Crippen LogP contribution in [0.4, 0.5) is 0 Å². The maximum atomic E-state index is 12.4. The molecule has 0 saturated carbocycles. The second-order valence-electron chi connectivity index (χ2n) is 18.2. The van der Waals surface area contributed by atoms with Gasteiger partial charge in [-0.2, -0.15) is 0 Å². The lowest BCUT2D eigenvalue weighted by atomic mass is 10.1. The minimum absolute atomic E-state index is 0.0466. The maximum absolute atomic E-state index is 12.4. The van der Waals surface area contributed by atoms with Crippen LogP contribution in [0.25, 0.3) is 0 Å². The molecule has 4 atom stereocenters. The summed E-state index contributed by atoms with van der Waals surface area (Å²) in [5, 5.41) is 0. The van der Waals surface area contributed by atoms with Crippen molar-refractivity contribution >= 4 is 15.6 Å². The lowest BCUT2D eigenvalue weighted by Crippen LogP contribution is -2.37. The molecule has 0 aromatic carbocycles. The van der Waals surface area contributed by atoms with Crippen LogP contribution >= 0.6 is 15.6 Å². The standard InChI is InChI=1S/C48H84N2O12P2/c1-49(2,3)35-41-59-63(51,52)61-45-47-43-55-37-31-27-23-19-15-11-7-8-12-16-20-24-28-32-38-56-44-48(46-62-64(53,54)60-42-36-50(4,5)6)58-40-34-30-26-22-18-14-10-9-13-17-21-25-29-33-39-57-47/h47-48H,15-46H2,1-6H3. The second-order valence-corrected chi connectivity index (χ2v) is 21.0. The van der Waals surface area contributed by atoms with E-state index in [1.54, 1.807) is 0 Å². The molecule has 64 heavy (non-hydrogen) atoms. The smallest absolute Gasteiger partial charge is 0.268 e. The van der Waals surface area contributed by atoms with Gasteiger partial charge in [0, 0.05) is 52.1 Å². The highest BCUT2D eigenvalue weighted by Crippen LogP contribution is 2.39. The van der Waals surface area contributed by atoms with Crippen LogP contribution in [0.2, 0.25) is 0 Å². The van der Waals surface area contributed by atoms with Crippen LogP contribution < -0.4 is 9.79 Å². The Labute approximate surface area is 388 Å². The summed E-state index contributed by atoms with van der Waals surface area (Å²) >= 11 is 0. The minimum atomic E-state index is -4.46. The number of hydrogen-bond acceptors (Lipinski definition) is 12. The average Bonchev–Trinajstić information content (AvgIpc) is 3.21. The Hall–Kier alpha value is -1.78. The van der Waals surface area contributed by atoms with Crippen LogP contribution in [-0.4, -0.2) is 143 Å². The van der Waals surface area contributed by atoms with Gasteiger partial charge in [0.25, 0.3) is 15.6 Å². The Morgan fingerprint density at radius 3 is 1.06 bits per heavy atom. The fourth-order valence-electron chi connectivity index (χ4n) is 5.80. The number of hydrogen-bond donors (Lipinski definition) is 0. The summed E-state index contributed by atoms with van der Waals surface area (Å²) in [5.41, 5.74) is 0. The van der Waals surface area contributed by atoms with E-state index in [-0.39, 0.29) is 39.6 Å². The Morgan fingerprint density at radius 1 is 0.453 bits per heavy atom. The molecule has 0 aliphatic carbocycles. The van der Waals surface area contributed by atoms with Gasteiger partial charge in [0.15, 0.2) is 0 Å². The second kappa shape index (κ2) is 38.2. The maximum Gasteiger partial charge on any atom is 0.268 e. The monoisotopic (exact) mass is 943 g/mol. The summed E-state index contributed by atoms with van der Waals surface area (Å²) in [7, 11) is 2.85. The first-order valence-electron chi connectivity index (χ1n) is 23.7. The molecule has 1 aliphatic heterocycles. The summed E-state index contributed by atoms with van der Waals surface area (Å²) in [4.78, 5) is 24.8. The van der Waals surface area contributed by atoms with E-state index in [0.29, 0.717) is 48.5 Å². The molecule has 0 radical (unpaired) electrons. The van der Waals surface area contributed by atoms with E-state index in [2.05, 4.69) is 47.4 Å². The normalized spacial score (nSPS) is 22.4. The molecule has 0 saturated heterocycles. The molecule has 1 rings (SSSR count). The molecule has 0 spiro atoms. The Kier molecular flexibility index (Phi) is 36.0. The van der Waals surface area contributed by atoms with Gasteiger partial charge in [-0.05, 0) is 75.0 Å². The van der Waals surface area contributed by atoms with Gasteiger partial charge in [0.1, 0.15) is 38.5 Å². The fourth-order valence-corrected chi connectivity index (χ4v) is 7.26. The van der Waals surface area contributed by atoms with Crippen LogP contribution in [0.5, 0.6) is 0 Å². The van der Waals surface area contributed by atoms with Crippen molar-refractivity contribution in [1.82, 2.24) is 0 Å². The van der Waals surface area contributed by atoms with Crippen molar-refractivity contribution in [1.29, 1.82) is 0 Å². The summed E-state index contributed by atoms with van der Waals surface area (Å²) < 4.78 is 70.3. The quantitative estimate of drug-likeness (QED) is 0.0998. The first-order valence-corrected chi connectivity index (χ1v) is 26.6. The van der Waals surface area contributed by atoms with Gasteiger partial charge in [0.05, 0.1) is 68.7 Å². The first-order chi connectivity index (χ1) is 30.6. The summed E-state index contributed by atoms with van der Waals surface area (Å²) in [6.45, 7) is 3.38. The van der Waals surface area contributed by atoms with Crippen LogP contribution in [0.3, 0.4) is 0 Å². The molecule has 0 aromatic rings. The minimum Gasteiger partial charge on any atom is -0.756 e. The van der Waals surface area contributed by atoms with Gasteiger partial charge in [-0.1, -0.05) is 75.0 Å². The van der Waals surface area contributed by atoms with Crippen LogP contribution in [0.15, 0.2) is 0 Å². The van der Waals surface area contributed by atoms with E-state index in [1.807, 2.05) is 42.3 Å². The Bertz CT molecular complexity index is 1420. The van der Waals surface area contributed by atoms with Gasteiger partial charge in [-0.25, -0.2) is 0 Å². The lowest BCUT2D eigenvalue weighted by Gasteiger charge is -2.28. The highest BCUT2D eigenvalue weighted by atomic mass is 31.2. The zero-order valence-corrected chi connectivity index (χ0v) is 42.3. The van der Waals surface area contributed by atoms with Crippen molar-refractivity contribution in [3.63, 3.8) is 0 Å². The van der Waals surface area contributed by atoms with Gasteiger partial charge >= 0.3 is 0 Å². The molecule has 14 nitrogen and oxygen atoms in total. The topological polar surface area (TPSA) is 154 Å². The van der Waals surface area contributed by atoms with Crippen molar-refractivity contribution in [2.75, 3.05) is 121 Å². The predicted molar refractivity (Wildman–Crippen MR) is 249 cm³/mol. The van der Waals surface area contributed by atoms with E-state index in [4.69, 9.17) is 37.0 Å². The number of ether oxygens (including phenoxy) is 4. The highest BCUT2D eigenvalue weighted by Gasteiger charge is 2.19. The SMILES string of the molecule is C[N+](C)(C)CCOP(=O)([O-])OCC1COCCCCCCC#CC#CCCCCCCOCC(COP(=O)([O-])OCC[N+](C)(C)C)OCCCCCCC#CC#CCCCCCCO1. The summed E-state index contributed by atoms with van der Waals surface area (Å²) in [6, 6.07) is 0. The van der Waals surface area contributed by atoms with E-state index in [9.17, 15) is 18.9 Å². The average molecular weight is 943 g/mol. The number of phosphoric acid groups is 2. The third kappa shape index (κ3) is 42.8. The van der Waals surface area contributed by atoms with Crippen molar-refractivity contribution in [2.45, 2.75) is 141 Å². The largest absolute Gasteiger partial charge is 0.756 e. The van der Waals surface area contributed by atoms with E-state index >= 15 is 0 Å². The molecule has 16 heteroatoms. The van der Waals surface area contributed by atoms with Crippen LogP contribution in [0.1, 0.15) is 128 Å². The van der Waals surface area contributed by atoms with E-state index in [1.165, 1.54) is 0 Å². The van der Waals surface area contributed by atoms with Crippen molar-refractivity contribution < 1.29 is 64.9 Å². The molecule has 4 unspecified atom stereocenters. The lowest BCUT2D eigenvalue weighted by molar-refractivity contribution is -0.870. The molecule has 1 aliphatic rings. The summed E-state index contributed by atoms with van der Waals surface area (Å²) in [5.74, 6) is 24.4. The number of likely N-dealkylation sites (N-methyl/N-ethyl adjacent to an activating group) is 2. The molecule has 1 heterocycles. The van der Waals surface area contributed by atoms with Crippen molar-refractivity contribution in [3.05, 3.63) is 0 Å². The third-order valence-electron chi connectivity index (χ3n) is 9.73. The Morgan fingerprint density at radius 2 is 0.750 bits per heavy atom. The van der Waals surface area contributed by atoms with Gasteiger partial charge < -0.3 is 55.8 Å². The van der Waals surface area contributed by atoms with Gasteiger partial charge in [-0.15, -0.1) is 0 Å². The van der Waals surface area contributed by atoms with Crippen LogP contribution in [0, 0.1) is 47.4 Å². The van der Waals surface area contributed by atoms with E-state index < -0.39 is 27.9 Å². The van der Waals surface area contributed by atoms with E-state index in [0.717, 1.165) is 128 Å². The third-order valence-corrected chi connectivity index (χ3v) is 11.7. The molecule has 0 amide bonds. The number of nitrogens with zero attached hydrogens (tertiary/aromatic N) is 2. The Balaban J connectivity index is 2.64. The molecular weight excluding hydrogens is 858 g/mol. The zero-order valence-electron chi connectivity index (χ0n) is 40.5. The fraction of sp³-hybridized carbons (Fsp3) is 0.833. The highest BCUT2D eigenvalue weighted by molar-refractivity contribution is 7.46. The van der Waals surface area contributed by atoms with Crippen LogP contribution in [-0.2, 0) is 46.2 Å². The van der Waals surface area contributed by atoms with Gasteiger partial charge in [-0.3, -0.25) is 9.13 Å². The number of quaternary nitrogens is 2. The molecule has 0 bridgehead atoms. The number of phosphoric ester groups is 2. The predicted octanol–water partition coefficient (Wildman–Crippen LogP) is 7.03. The molecular formula is C48H84N2O12P2. The number of rotatable bonds is 14.